The third kappa shape index (κ3) is 10.6. The van der Waals surface area contributed by atoms with Crippen LogP contribution < -0.4 is 20.3 Å². The summed E-state index contributed by atoms with van der Waals surface area (Å²) in [4.78, 5) is 38.0. The zero-order chi connectivity index (χ0) is 34.7. The number of methoxy groups -OCH3 is 1. The van der Waals surface area contributed by atoms with E-state index in [4.69, 9.17) is 23.9 Å². The fraction of sp³-hybridized carbons (Fsp3) is 0.429. The van der Waals surface area contributed by atoms with Crippen LogP contribution >= 0.6 is 0 Å². The number of anilines is 3. The number of allylic oxidation sites excluding steroid dienone is 1. The van der Waals surface area contributed by atoms with E-state index in [0.29, 0.717) is 43.6 Å². The summed E-state index contributed by atoms with van der Waals surface area (Å²) in [7, 11) is 1.57. The number of morpholine rings is 1. The molecule has 0 bridgehead atoms. The van der Waals surface area contributed by atoms with Gasteiger partial charge in [0.1, 0.15) is 11.4 Å². The SMILES string of the molecule is C=C(C)OC(=O)N(CCCNC(=O)OC(C)(C)C)Cc1cc(-c2ccnc(Nc3ccc(N4CCOCC4)c(CO)c3)n2)ccc1OC. The van der Waals surface area contributed by atoms with Crippen LogP contribution in [-0.4, -0.2) is 84.3 Å². The molecule has 258 valence electrons. The number of alkyl carbamates (subject to hydrolysis) is 1. The Bertz CT molecular complexity index is 1570. The van der Waals surface area contributed by atoms with Gasteiger partial charge >= 0.3 is 12.2 Å². The zero-order valence-corrected chi connectivity index (χ0v) is 28.4. The maximum absolute atomic E-state index is 13.0. The third-order valence-electron chi connectivity index (χ3n) is 7.24. The molecule has 2 heterocycles. The summed E-state index contributed by atoms with van der Waals surface area (Å²) in [6.45, 7) is 14.2. The van der Waals surface area contributed by atoms with Crippen molar-refractivity contribution in [3.63, 3.8) is 0 Å². The van der Waals surface area contributed by atoms with Crippen LogP contribution in [0.3, 0.4) is 0 Å². The molecule has 0 saturated carbocycles. The van der Waals surface area contributed by atoms with Crippen molar-refractivity contribution in [3.05, 3.63) is 72.1 Å². The summed E-state index contributed by atoms with van der Waals surface area (Å²) in [6.07, 6.45) is 1.03. The molecule has 0 atom stereocenters. The second-order valence-electron chi connectivity index (χ2n) is 12.3. The van der Waals surface area contributed by atoms with Gasteiger partial charge in [0, 0.05) is 60.4 Å². The number of aliphatic hydroxyl groups is 1. The molecule has 0 spiro atoms. The maximum atomic E-state index is 13.0. The molecule has 1 aromatic heterocycles. The van der Waals surface area contributed by atoms with Crippen molar-refractivity contribution in [2.45, 2.75) is 52.9 Å². The van der Waals surface area contributed by atoms with Gasteiger partial charge in [0.05, 0.1) is 44.9 Å². The van der Waals surface area contributed by atoms with Crippen molar-refractivity contribution in [2.75, 3.05) is 56.7 Å². The van der Waals surface area contributed by atoms with Crippen LogP contribution in [-0.2, 0) is 27.4 Å². The van der Waals surface area contributed by atoms with E-state index in [1.165, 1.54) is 4.90 Å². The molecule has 1 aliphatic rings. The topological polar surface area (TPSA) is 148 Å². The Morgan fingerprint density at radius 1 is 1.10 bits per heavy atom. The standard InChI is InChI=1S/C35H46N6O7/c1-24(2)47-34(44)41(15-7-13-37-33(43)48-35(3,4)5)22-26-20-25(8-11-31(26)45-6)29-12-14-36-32(39-29)38-28-9-10-30(27(21-28)23-42)40-16-18-46-19-17-40/h8-12,14,20-21,42H,1,7,13,15-19,22-23H2,2-6H3,(H,37,43)(H,36,38,39). The summed E-state index contributed by atoms with van der Waals surface area (Å²) >= 11 is 0. The lowest BCUT2D eigenvalue weighted by Crippen LogP contribution is -2.36. The highest BCUT2D eigenvalue weighted by Crippen LogP contribution is 2.29. The fourth-order valence-corrected chi connectivity index (χ4v) is 5.10. The van der Waals surface area contributed by atoms with Gasteiger partial charge in [-0.25, -0.2) is 19.6 Å². The van der Waals surface area contributed by atoms with Crippen molar-refractivity contribution in [1.29, 1.82) is 0 Å². The lowest BCUT2D eigenvalue weighted by atomic mass is 10.1. The van der Waals surface area contributed by atoms with Gasteiger partial charge < -0.3 is 44.5 Å². The van der Waals surface area contributed by atoms with E-state index < -0.39 is 17.8 Å². The molecule has 48 heavy (non-hydrogen) atoms. The number of hydrogen-bond donors (Lipinski definition) is 3. The van der Waals surface area contributed by atoms with Crippen LogP contribution in [0.5, 0.6) is 5.75 Å². The number of amides is 2. The summed E-state index contributed by atoms with van der Waals surface area (Å²) in [6, 6.07) is 13.2. The number of benzene rings is 2. The predicted octanol–water partition coefficient (Wildman–Crippen LogP) is 5.61. The van der Waals surface area contributed by atoms with Crippen LogP contribution in [0.2, 0.25) is 0 Å². The largest absolute Gasteiger partial charge is 0.496 e. The molecule has 2 amide bonds. The second-order valence-corrected chi connectivity index (χ2v) is 12.3. The normalized spacial score (nSPS) is 13.0. The van der Waals surface area contributed by atoms with Gasteiger partial charge in [0.25, 0.3) is 0 Å². The van der Waals surface area contributed by atoms with Gasteiger partial charge in [-0.2, -0.15) is 0 Å². The third-order valence-corrected chi connectivity index (χ3v) is 7.24. The monoisotopic (exact) mass is 662 g/mol. The molecule has 3 N–H and O–H groups in total. The lowest BCUT2D eigenvalue weighted by Gasteiger charge is -2.30. The highest BCUT2D eigenvalue weighted by atomic mass is 16.6. The molecule has 13 heteroatoms. The molecule has 3 aromatic rings. The molecule has 1 fully saturated rings. The summed E-state index contributed by atoms with van der Waals surface area (Å²) in [5, 5.41) is 16.0. The van der Waals surface area contributed by atoms with Crippen LogP contribution in [0.4, 0.5) is 26.9 Å². The van der Waals surface area contributed by atoms with Crippen molar-refractivity contribution in [3.8, 4) is 17.0 Å². The predicted molar refractivity (Wildman–Crippen MR) is 183 cm³/mol. The van der Waals surface area contributed by atoms with Gasteiger partial charge in [0.2, 0.25) is 5.95 Å². The molecule has 4 rings (SSSR count). The number of aromatic nitrogens is 2. The number of aliphatic hydroxyl groups excluding tert-OH is 1. The molecule has 0 radical (unpaired) electrons. The maximum Gasteiger partial charge on any atom is 0.415 e. The van der Waals surface area contributed by atoms with Gasteiger partial charge in [-0.3, -0.25) is 0 Å². The molecule has 2 aromatic carbocycles. The number of hydrogen-bond acceptors (Lipinski definition) is 11. The highest BCUT2D eigenvalue weighted by molar-refractivity contribution is 5.70. The number of rotatable bonds is 13. The first kappa shape index (κ1) is 36.0. The van der Waals surface area contributed by atoms with Crippen LogP contribution in [0.25, 0.3) is 11.3 Å². The summed E-state index contributed by atoms with van der Waals surface area (Å²) in [5.41, 5.74) is 4.09. The number of nitrogens with one attached hydrogen (secondary N) is 2. The first-order valence-corrected chi connectivity index (χ1v) is 15.9. The van der Waals surface area contributed by atoms with Gasteiger partial charge in [-0.1, -0.05) is 6.58 Å². The summed E-state index contributed by atoms with van der Waals surface area (Å²) in [5.74, 6) is 1.24. The average molecular weight is 663 g/mol. The highest BCUT2D eigenvalue weighted by Gasteiger charge is 2.20. The van der Waals surface area contributed by atoms with E-state index in [1.54, 1.807) is 47.1 Å². The summed E-state index contributed by atoms with van der Waals surface area (Å²) < 4.78 is 21.7. The lowest BCUT2D eigenvalue weighted by molar-refractivity contribution is 0.0526. The number of ether oxygens (including phenoxy) is 4. The van der Waals surface area contributed by atoms with E-state index >= 15 is 0 Å². The Morgan fingerprint density at radius 2 is 1.88 bits per heavy atom. The molecule has 13 nitrogen and oxygen atoms in total. The molecule has 1 aliphatic heterocycles. The van der Waals surface area contributed by atoms with Gasteiger partial charge in [-0.15, -0.1) is 0 Å². The van der Waals surface area contributed by atoms with E-state index in [2.05, 4.69) is 27.1 Å². The fourth-order valence-electron chi connectivity index (χ4n) is 5.10. The van der Waals surface area contributed by atoms with Crippen molar-refractivity contribution in [2.24, 2.45) is 0 Å². The molecular formula is C35H46N6O7. The average Bonchev–Trinajstić information content (AvgIpc) is 3.05. The first-order valence-electron chi connectivity index (χ1n) is 15.9. The van der Waals surface area contributed by atoms with Crippen LogP contribution in [0.15, 0.2) is 61.0 Å². The Morgan fingerprint density at radius 3 is 2.56 bits per heavy atom. The minimum Gasteiger partial charge on any atom is -0.496 e. The minimum absolute atomic E-state index is 0.102. The minimum atomic E-state index is -0.609. The van der Waals surface area contributed by atoms with Crippen molar-refractivity contribution < 1.29 is 33.6 Å². The Kier molecular flexibility index (Phi) is 12.6. The second kappa shape index (κ2) is 16.8. The smallest absolute Gasteiger partial charge is 0.415 e. The van der Waals surface area contributed by atoms with Gasteiger partial charge in [0.15, 0.2) is 0 Å². The number of carbonyl (C=O) groups excluding carboxylic acids is 2. The number of carbonyl (C=O) groups is 2. The van der Waals surface area contributed by atoms with Crippen molar-refractivity contribution >= 4 is 29.5 Å². The zero-order valence-electron chi connectivity index (χ0n) is 28.4. The molecular weight excluding hydrogens is 616 g/mol. The van der Waals surface area contributed by atoms with E-state index in [9.17, 15) is 14.7 Å². The Labute approximate surface area is 281 Å². The van der Waals surface area contributed by atoms with Crippen molar-refractivity contribution in [1.82, 2.24) is 20.2 Å². The molecule has 0 unspecified atom stereocenters. The first-order chi connectivity index (χ1) is 23.0. The van der Waals surface area contributed by atoms with Crippen LogP contribution in [0, 0.1) is 0 Å². The number of nitrogens with zero attached hydrogens (tertiary/aromatic N) is 4. The molecule has 0 aliphatic carbocycles. The molecule has 1 saturated heterocycles. The quantitative estimate of drug-likeness (QED) is 0.155. The van der Waals surface area contributed by atoms with E-state index in [-0.39, 0.29) is 25.5 Å². The van der Waals surface area contributed by atoms with Gasteiger partial charge in [-0.05, 0) is 76.6 Å². The van der Waals surface area contributed by atoms with E-state index in [0.717, 1.165) is 41.2 Å². The van der Waals surface area contributed by atoms with E-state index in [1.807, 2.05) is 36.4 Å². The van der Waals surface area contributed by atoms with Crippen LogP contribution in [0.1, 0.15) is 45.2 Å². The Hall–Kier alpha value is -4.88. The Balaban J connectivity index is 1.50.